The number of aryl methyl sites for hydroxylation is 1. The van der Waals surface area contributed by atoms with E-state index in [9.17, 15) is 4.79 Å². The van der Waals surface area contributed by atoms with Crippen LogP contribution in [0.1, 0.15) is 41.8 Å². The van der Waals surface area contributed by atoms with Crippen molar-refractivity contribution in [3.05, 3.63) is 57.8 Å². The van der Waals surface area contributed by atoms with E-state index in [0.717, 1.165) is 6.42 Å². The number of carbonyl (C=O) groups excluding carboxylic acids is 1. The highest BCUT2D eigenvalue weighted by Crippen LogP contribution is 2.27. The molecular weight excluding hydrogens is 292 g/mol. The summed E-state index contributed by atoms with van der Waals surface area (Å²) >= 11 is 1.70. The van der Waals surface area contributed by atoms with Gasteiger partial charge in [0.15, 0.2) is 0 Å². The van der Waals surface area contributed by atoms with Gasteiger partial charge >= 0.3 is 0 Å². The Kier molecular flexibility index (Phi) is 6.16. The van der Waals surface area contributed by atoms with Crippen LogP contribution < -0.4 is 11.1 Å². The lowest BCUT2D eigenvalue weighted by Crippen LogP contribution is -2.31. The highest BCUT2D eigenvalue weighted by molar-refractivity contribution is 7.10. The van der Waals surface area contributed by atoms with Crippen molar-refractivity contribution >= 4 is 17.2 Å². The van der Waals surface area contributed by atoms with Crippen molar-refractivity contribution in [2.75, 3.05) is 0 Å². The molecule has 2 rings (SSSR count). The number of nitrogens with one attached hydrogen (secondary N) is 1. The fourth-order valence-electron chi connectivity index (χ4n) is 2.43. The molecule has 4 heteroatoms. The Morgan fingerprint density at radius 2 is 2.00 bits per heavy atom. The lowest BCUT2D eigenvalue weighted by molar-refractivity contribution is -0.122. The van der Waals surface area contributed by atoms with Crippen molar-refractivity contribution in [2.45, 2.75) is 45.2 Å². The molecule has 3 nitrogen and oxygen atoms in total. The van der Waals surface area contributed by atoms with E-state index in [2.05, 4.69) is 35.8 Å². The van der Waals surface area contributed by atoms with Gasteiger partial charge in [-0.3, -0.25) is 4.79 Å². The summed E-state index contributed by atoms with van der Waals surface area (Å²) < 4.78 is 0. The predicted octanol–water partition coefficient (Wildman–Crippen LogP) is 3.58. The van der Waals surface area contributed by atoms with E-state index in [1.54, 1.807) is 11.3 Å². The summed E-state index contributed by atoms with van der Waals surface area (Å²) in [6.45, 7) is 4.02. The molecule has 118 valence electrons. The van der Waals surface area contributed by atoms with Crippen LogP contribution in [0.3, 0.4) is 0 Å². The molecule has 0 saturated carbocycles. The maximum absolute atomic E-state index is 12.2. The molecule has 0 saturated heterocycles. The number of carbonyl (C=O) groups is 1. The van der Waals surface area contributed by atoms with Gasteiger partial charge in [-0.2, -0.15) is 0 Å². The molecule has 0 aliphatic heterocycles. The largest absolute Gasteiger partial charge is 0.348 e. The Morgan fingerprint density at radius 1 is 1.27 bits per heavy atom. The maximum Gasteiger partial charge on any atom is 0.220 e. The fraction of sp³-hybridized carbons (Fsp3) is 0.389. The lowest BCUT2D eigenvalue weighted by Gasteiger charge is -2.19. The highest BCUT2D eigenvalue weighted by atomic mass is 32.1. The van der Waals surface area contributed by atoms with Crippen LogP contribution >= 0.6 is 11.3 Å². The van der Waals surface area contributed by atoms with Crippen LogP contribution in [0.25, 0.3) is 0 Å². The summed E-state index contributed by atoms with van der Waals surface area (Å²) in [5, 5.41) is 5.26. The molecular formula is C18H24N2OS. The Labute approximate surface area is 136 Å². The quantitative estimate of drug-likeness (QED) is 0.820. The topological polar surface area (TPSA) is 55.1 Å². The normalized spacial score (nSPS) is 13.6. The number of amides is 1. The predicted molar refractivity (Wildman–Crippen MR) is 93.0 cm³/mol. The third-order valence-corrected chi connectivity index (χ3v) is 4.80. The number of benzene rings is 1. The van der Waals surface area contributed by atoms with Crippen molar-refractivity contribution in [1.82, 2.24) is 5.32 Å². The molecule has 3 N–H and O–H groups in total. The minimum atomic E-state index is 0.0305. The lowest BCUT2D eigenvalue weighted by atomic mass is 10.0. The average Bonchev–Trinajstić information content (AvgIpc) is 2.92. The van der Waals surface area contributed by atoms with Gasteiger partial charge in [0.05, 0.1) is 6.04 Å². The van der Waals surface area contributed by atoms with Gasteiger partial charge in [0, 0.05) is 17.3 Å². The molecule has 2 unspecified atom stereocenters. The van der Waals surface area contributed by atoms with Crippen molar-refractivity contribution in [2.24, 2.45) is 5.73 Å². The molecule has 1 heterocycles. The summed E-state index contributed by atoms with van der Waals surface area (Å²) in [6, 6.07) is 12.5. The van der Waals surface area contributed by atoms with E-state index >= 15 is 0 Å². The van der Waals surface area contributed by atoms with Crippen molar-refractivity contribution in [1.29, 1.82) is 0 Å². The zero-order valence-corrected chi connectivity index (χ0v) is 14.0. The minimum Gasteiger partial charge on any atom is -0.348 e. The molecule has 1 aromatic carbocycles. The first-order valence-electron chi connectivity index (χ1n) is 7.69. The SMILES string of the molecule is Cc1ccsc1C(Cc1ccccc1)NC(=O)CCC(C)N. The number of rotatable bonds is 7. The monoisotopic (exact) mass is 316 g/mol. The standard InChI is InChI=1S/C18H24N2OS/c1-13-10-11-22-18(13)16(12-15-6-4-3-5-7-15)20-17(21)9-8-14(2)19/h3-7,10-11,14,16H,8-9,12,19H2,1-2H3,(H,20,21). The first-order valence-corrected chi connectivity index (χ1v) is 8.57. The van der Waals surface area contributed by atoms with Crippen LogP contribution in [-0.4, -0.2) is 11.9 Å². The number of hydrogen-bond donors (Lipinski definition) is 2. The highest BCUT2D eigenvalue weighted by Gasteiger charge is 2.18. The Balaban J connectivity index is 2.09. The van der Waals surface area contributed by atoms with Gasteiger partial charge in [-0.15, -0.1) is 11.3 Å². The maximum atomic E-state index is 12.2. The smallest absolute Gasteiger partial charge is 0.220 e. The average molecular weight is 316 g/mol. The third kappa shape index (κ3) is 4.97. The molecule has 0 radical (unpaired) electrons. The fourth-order valence-corrected chi connectivity index (χ4v) is 3.40. The van der Waals surface area contributed by atoms with Crippen LogP contribution in [0.5, 0.6) is 0 Å². The van der Waals surface area contributed by atoms with Crippen LogP contribution in [0.2, 0.25) is 0 Å². The van der Waals surface area contributed by atoms with Crippen LogP contribution in [-0.2, 0) is 11.2 Å². The van der Waals surface area contributed by atoms with E-state index in [4.69, 9.17) is 5.73 Å². The van der Waals surface area contributed by atoms with E-state index in [1.165, 1.54) is 16.0 Å². The summed E-state index contributed by atoms with van der Waals surface area (Å²) in [4.78, 5) is 13.4. The molecule has 1 amide bonds. The first kappa shape index (κ1) is 16.7. The summed E-state index contributed by atoms with van der Waals surface area (Å²) in [5.74, 6) is 0.0750. The Morgan fingerprint density at radius 3 is 2.59 bits per heavy atom. The van der Waals surface area contributed by atoms with Crippen molar-refractivity contribution in [3.63, 3.8) is 0 Å². The molecule has 1 aromatic heterocycles. The van der Waals surface area contributed by atoms with Gasteiger partial charge in [-0.25, -0.2) is 0 Å². The van der Waals surface area contributed by atoms with Crippen LogP contribution in [0.15, 0.2) is 41.8 Å². The Hall–Kier alpha value is -1.65. The summed E-state index contributed by atoms with van der Waals surface area (Å²) in [7, 11) is 0. The van der Waals surface area contributed by atoms with E-state index in [-0.39, 0.29) is 18.0 Å². The van der Waals surface area contributed by atoms with E-state index in [1.807, 2.05) is 25.1 Å². The second-order valence-corrected chi connectivity index (χ2v) is 6.74. The van der Waals surface area contributed by atoms with E-state index in [0.29, 0.717) is 12.8 Å². The van der Waals surface area contributed by atoms with Crippen molar-refractivity contribution < 1.29 is 4.79 Å². The van der Waals surface area contributed by atoms with Crippen molar-refractivity contribution in [3.8, 4) is 0 Å². The summed E-state index contributed by atoms with van der Waals surface area (Å²) in [6.07, 6.45) is 2.01. The Bertz CT molecular complexity index is 592. The second kappa shape index (κ2) is 8.11. The number of thiophene rings is 1. The van der Waals surface area contributed by atoms with Gasteiger partial charge in [-0.1, -0.05) is 30.3 Å². The van der Waals surface area contributed by atoms with Gasteiger partial charge in [0.1, 0.15) is 0 Å². The molecule has 0 fully saturated rings. The molecule has 0 spiro atoms. The molecule has 22 heavy (non-hydrogen) atoms. The van der Waals surface area contributed by atoms with E-state index < -0.39 is 0 Å². The third-order valence-electron chi connectivity index (χ3n) is 3.66. The summed E-state index contributed by atoms with van der Waals surface area (Å²) in [5.41, 5.74) is 8.20. The molecule has 2 atom stereocenters. The molecule has 0 aliphatic carbocycles. The number of hydrogen-bond acceptors (Lipinski definition) is 3. The van der Waals surface area contributed by atoms with Crippen LogP contribution in [0.4, 0.5) is 0 Å². The zero-order chi connectivity index (χ0) is 15.9. The molecule has 0 aliphatic rings. The van der Waals surface area contributed by atoms with Gasteiger partial charge in [-0.05, 0) is 49.3 Å². The van der Waals surface area contributed by atoms with Gasteiger partial charge in [0.2, 0.25) is 5.91 Å². The molecule has 0 bridgehead atoms. The van der Waals surface area contributed by atoms with Gasteiger partial charge in [0.25, 0.3) is 0 Å². The minimum absolute atomic E-state index is 0.0305. The number of nitrogens with two attached hydrogens (primary N) is 1. The van der Waals surface area contributed by atoms with Crippen LogP contribution in [0, 0.1) is 6.92 Å². The van der Waals surface area contributed by atoms with Gasteiger partial charge < -0.3 is 11.1 Å². The molecule has 2 aromatic rings. The second-order valence-electron chi connectivity index (χ2n) is 5.79. The zero-order valence-electron chi connectivity index (χ0n) is 13.2. The first-order chi connectivity index (χ1) is 10.6.